The van der Waals surface area contributed by atoms with Crippen molar-refractivity contribution in [1.82, 2.24) is 48.9 Å². The van der Waals surface area contributed by atoms with Gasteiger partial charge in [0.05, 0.1) is 17.2 Å². The highest BCUT2D eigenvalue weighted by atomic mass is 15.3. The standard InChI is InChI=1S/C8H6N2.C7H5N3.C7H6N2.C6H5N3.4C5H12/c1-2-4-8-7(3-1)5-9-6-10-8;1-2-6-7(9-3-1)4-8-5-10-6;1-2-5-9-6-4-8-7(9)3-1;1-2-4-9-6(3-1)7-5-8-9;4*1-5(2,3)4/h1-6H;1-5H;1-6H;1-5H;4*1-4H3. The summed E-state index contributed by atoms with van der Waals surface area (Å²) in [6.45, 7) is 35.0. The van der Waals surface area contributed by atoms with Crippen LogP contribution in [-0.2, 0) is 0 Å². The minimum atomic E-state index is 0.500. The highest BCUT2D eigenvalue weighted by molar-refractivity contribution is 5.76. The Labute approximate surface area is 348 Å². The number of fused-ring (bicyclic) bond motifs is 4. The van der Waals surface area contributed by atoms with Gasteiger partial charge in [-0.2, -0.15) is 5.10 Å². The Morgan fingerprint density at radius 1 is 0.379 bits per heavy atom. The summed E-state index contributed by atoms with van der Waals surface area (Å²) in [4.78, 5) is 27.9. The number of nitrogens with zero attached hydrogens (tertiary/aromatic N) is 10. The van der Waals surface area contributed by atoms with Gasteiger partial charge in [0.25, 0.3) is 0 Å². The zero-order chi connectivity index (χ0) is 43.8. The van der Waals surface area contributed by atoms with Crippen LogP contribution in [0.2, 0.25) is 0 Å². The van der Waals surface area contributed by atoms with Gasteiger partial charge in [-0.15, -0.1) is 0 Å². The Balaban J connectivity index is 0.000000339. The summed E-state index contributed by atoms with van der Waals surface area (Å²) >= 11 is 0. The smallest absolute Gasteiger partial charge is 0.155 e. The average Bonchev–Trinajstić information content (AvgIpc) is 3.80. The first-order chi connectivity index (χ1) is 26.9. The number of para-hydroxylation sites is 1. The molecule has 10 heteroatoms. The minimum absolute atomic E-state index is 0.500. The van der Waals surface area contributed by atoms with E-state index in [9.17, 15) is 0 Å². The van der Waals surface area contributed by atoms with E-state index < -0.39 is 0 Å². The van der Waals surface area contributed by atoms with Gasteiger partial charge in [0.2, 0.25) is 0 Å². The number of imidazole rings is 1. The van der Waals surface area contributed by atoms with Gasteiger partial charge >= 0.3 is 0 Å². The summed E-state index contributed by atoms with van der Waals surface area (Å²) in [5.74, 6) is 0. The summed E-state index contributed by atoms with van der Waals surface area (Å²) < 4.78 is 3.69. The largest absolute Gasteiger partial charge is 0.307 e. The van der Waals surface area contributed by atoms with E-state index in [-0.39, 0.29) is 0 Å². The Morgan fingerprint density at radius 2 is 0.879 bits per heavy atom. The molecule has 0 aliphatic heterocycles. The van der Waals surface area contributed by atoms with Crippen LogP contribution in [0.15, 0.2) is 135 Å². The number of rotatable bonds is 0. The topological polar surface area (TPSA) is 112 Å². The molecule has 0 saturated heterocycles. The molecule has 7 heterocycles. The van der Waals surface area contributed by atoms with Gasteiger partial charge in [-0.25, -0.2) is 34.4 Å². The van der Waals surface area contributed by atoms with Crippen molar-refractivity contribution in [1.29, 1.82) is 0 Å². The number of pyridine rings is 3. The van der Waals surface area contributed by atoms with Crippen molar-refractivity contribution in [3.63, 3.8) is 0 Å². The zero-order valence-electron chi connectivity index (χ0n) is 38.2. The lowest BCUT2D eigenvalue weighted by Gasteiger charge is -2.05. The van der Waals surface area contributed by atoms with Crippen LogP contribution in [0, 0.1) is 21.7 Å². The molecule has 10 nitrogen and oxygen atoms in total. The lowest BCUT2D eigenvalue weighted by atomic mass is 10.0. The van der Waals surface area contributed by atoms with E-state index in [1.54, 1.807) is 29.4 Å². The van der Waals surface area contributed by atoms with Gasteiger partial charge in [0.1, 0.15) is 30.1 Å². The van der Waals surface area contributed by atoms with Crippen LogP contribution in [0.4, 0.5) is 0 Å². The van der Waals surface area contributed by atoms with Crippen LogP contribution in [0.3, 0.4) is 0 Å². The third kappa shape index (κ3) is 29.6. The van der Waals surface area contributed by atoms with Crippen molar-refractivity contribution < 1.29 is 0 Å². The summed E-state index contributed by atoms with van der Waals surface area (Å²) in [6, 6.07) is 23.4. The Hall–Kier alpha value is -5.64. The van der Waals surface area contributed by atoms with E-state index in [4.69, 9.17) is 0 Å². The van der Waals surface area contributed by atoms with E-state index in [1.165, 1.54) is 12.7 Å². The molecule has 1 aromatic carbocycles. The third-order valence-electron chi connectivity index (χ3n) is 5.18. The molecule has 0 bridgehead atoms. The number of aromatic nitrogens is 10. The highest BCUT2D eigenvalue weighted by Crippen LogP contribution is 2.10. The van der Waals surface area contributed by atoms with Crippen molar-refractivity contribution in [2.75, 3.05) is 0 Å². The second-order valence-corrected chi connectivity index (χ2v) is 19.7. The van der Waals surface area contributed by atoms with Crippen LogP contribution in [-0.4, -0.2) is 48.9 Å². The van der Waals surface area contributed by atoms with Crippen LogP contribution < -0.4 is 0 Å². The Kier molecular flexibility index (Phi) is 21.6. The molecule has 0 fully saturated rings. The first-order valence-electron chi connectivity index (χ1n) is 19.6. The molecular formula is C48H70N10. The minimum Gasteiger partial charge on any atom is -0.307 e. The monoisotopic (exact) mass is 787 g/mol. The maximum atomic E-state index is 4.08. The Bertz CT molecular complexity index is 1850. The molecule has 8 rings (SSSR count). The molecular weight excluding hydrogens is 717 g/mol. The van der Waals surface area contributed by atoms with E-state index >= 15 is 0 Å². The Morgan fingerprint density at radius 3 is 1.43 bits per heavy atom. The summed E-state index contributed by atoms with van der Waals surface area (Å²) in [7, 11) is 0. The van der Waals surface area contributed by atoms with Crippen molar-refractivity contribution in [2.45, 2.75) is 111 Å². The molecule has 58 heavy (non-hydrogen) atoms. The highest BCUT2D eigenvalue weighted by Gasteiger charge is 1.97. The first kappa shape index (κ1) is 50.4. The lowest BCUT2D eigenvalue weighted by molar-refractivity contribution is 0.469. The molecule has 0 saturated carbocycles. The molecule has 0 N–H and O–H groups in total. The molecule has 0 atom stereocenters. The number of benzene rings is 1. The first-order valence-corrected chi connectivity index (χ1v) is 19.6. The van der Waals surface area contributed by atoms with Crippen molar-refractivity contribution in [3.05, 3.63) is 135 Å². The number of hydrogen-bond donors (Lipinski definition) is 0. The third-order valence-corrected chi connectivity index (χ3v) is 5.18. The zero-order valence-corrected chi connectivity index (χ0v) is 38.2. The fraction of sp³-hybridized carbons (Fsp3) is 0.417. The van der Waals surface area contributed by atoms with Crippen molar-refractivity contribution in [2.24, 2.45) is 21.7 Å². The van der Waals surface area contributed by atoms with Gasteiger partial charge in [-0.3, -0.25) is 4.98 Å². The van der Waals surface area contributed by atoms with Crippen LogP contribution in [0.5, 0.6) is 0 Å². The average molecular weight is 787 g/mol. The predicted molar refractivity (Wildman–Crippen MR) is 246 cm³/mol. The normalized spacial score (nSPS) is 10.8. The lowest BCUT2D eigenvalue weighted by Crippen LogP contribution is -1.93. The molecule has 0 spiro atoms. The van der Waals surface area contributed by atoms with E-state index in [0.29, 0.717) is 21.7 Å². The molecule has 0 aliphatic carbocycles. The predicted octanol–water partition coefficient (Wildman–Crippen LogP) is 12.9. The van der Waals surface area contributed by atoms with Crippen LogP contribution in [0.25, 0.3) is 33.2 Å². The molecule has 0 radical (unpaired) electrons. The number of hydrogen-bond acceptors (Lipinski definition) is 8. The fourth-order valence-electron chi connectivity index (χ4n) is 3.37. The van der Waals surface area contributed by atoms with Crippen LogP contribution in [0.1, 0.15) is 111 Å². The second-order valence-electron chi connectivity index (χ2n) is 19.7. The second kappa shape index (κ2) is 24.9. The van der Waals surface area contributed by atoms with Gasteiger partial charge in [-0.05, 0) is 64.1 Å². The van der Waals surface area contributed by atoms with Gasteiger partial charge < -0.3 is 4.40 Å². The molecule has 0 unspecified atom stereocenters. The molecule has 312 valence electrons. The summed E-state index contributed by atoms with van der Waals surface area (Å²) in [6.07, 6.45) is 17.4. The molecule has 8 aromatic rings. The maximum absolute atomic E-state index is 4.08. The molecule has 0 amide bonds. The summed E-state index contributed by atoms with van der Waals surface area (Å²) in [5.41, 5.74) is 6.61. The van der Waals surface area contributed by atoms with Crippen LogP contribution >= 0.6 is 0 Å². The van der Waals surface area contributed by atoms with Gasteiger partial charge in [-0.1, -0.05) is 141 Å². The van der Waals surface area contributed by atoms with E-state index in [2.05, 4.69) is 151 Å². The SMILES string of the molecule is CC(C)(C)C.CC(C)(C)C.CC(C)(C)C.CC(C)(C)C.c1ccc2ncncc2c1.c1ccn2ccnc2c1.c1ccn2ncnc2c1.c1cnc2cncnc2c1. The van der Waals surface area contributed by atoms with Crippen molar-refractivity contribution in [3.8, 4) is 0 Å². The van der Waals surface area contributed by atoms with E-state index in [1.807, 2.05) is 102 Å². The maximum Gasteiger partial charge on any atom is 0.155 e. The van der Waals surface area contributed by atoms with Gasteiger partial charge in [0, 0.05) is 42.6 Å². The van der Waals surface area contributed by atoms with E-state index in [0.717, 1.165) is 33.2 Å². The molecule has 0 aliphatic rings. The molecule has 7 aromatic heterocycles. The fourth-order valence-corrected chi connectivity index (χ4v) is 3.37. The quantitative estimate of drug-likeness (QED) is 0.149. The van der Waals surface area contributed by atoms with Gasteiger partial charge in [0.15, 0.2) is 5.65 Å². The summed E-state index contributed by atoms with van der Waals surface area (Å²) in [5, 5.41) is 5.01. The van der Waals surface area contributed by atoms with Crippen molar-refractivity contribution >= 4 is 33.2 Å².